The molecule has 0 heterocycles. The minimum atomic E-state index is -1.04. The Labute approximate surface area is 106 Å². The molecule has 0 unspecified atom stereocenters. The van der Waals surface area contributed by atoms with Gasteiger partial charge in [0, 0.05) is 19.4 Å². The summed E-state index contributed by atoms with van der Waals surface area (Å²) in [5.41, 5.74) is 0.562. The van der Waals surface area contributed by atoms with Crippen molar-refractivity contribution < 1.29 is 19.0 Å². The van der Waals surface area contributed by atoms with Crippen LogP contribution in [0.1, 0.15) is 25.5 Å². The number of esters is 1. The highest BCUT2D eigenvalue weighted by molar-refractivity contribution is 5.66. The van der Waals surface area contributed by atoms with Crippen molar-refractivity contribution >= 4 is 5.97 Å². The van der Waals surface area contributed by atoms with Gasteiger partial charge in [0.2, 0.25) is 0 Å². The molecule has 0 amide bonds. The van der Waals surface area contributed by atoms with Gasteiger partial charge in [-0.1, -0.05) is 37.3 Å². The topological polar surface area (TPSA) is 46.5 Å². The molecule has 1 aromatic carbocycles. The summed E-state index contributed by atoms with van der Waals surface area (Å²) >= 11 is 0. The van der Waals surface area contributed by atoms with Crippen molar-refractivity contribution in [1.82, 2.24) is 0 Å². The summed E-state index contributed by atoms with van der Waals surface area (Å²) in [7, 11) is 0. The minimum absolute atomic E-state index is 0.158. The maximum atomic E-state index is 14.0. The molecular weight excluding hydrogens is 235 g/mol. The second-order valence-electron chi connectivity index (χ2n) is 4.11. The molecule has 0 bridgehead atoms. The summed E-state index contributed by atoms with van der Waals surface area (Å²) in [5, 5.41) is 8.90. The van der Waals surface area contributed by atoms with Gasteiger partial charge < -0.3 is 9.84 Å². The van der Waals surface area contributed by atoms with Gasteiger partial charge in [0.05, 0.1) is 0 Å². The molecule has 1 rings (SSSR count). The Hall–Kier alpha value is -1.68. The number of benzene rings is 1. The first-order chi connectivity index (χ1) is 8.54. The van der Waals surface area contributed by atoms with Gasteiger partial charge in [0.15, 0.2) is 6.10 Å². The highest BCUT2D eigenvalue weighted by Gasteiger charge is 2.20. The van der Waals surface area contributed by atoms with Crippen LogP contribution in [0.5, 0.6) is 0 Å². The van der Waals surface area contributed by atoms with Crippen LogP contribution in [0.15, 0.2) is 42.2 Å². The molecule has 1 aromatic rings. The highest BCUT2D eigenvalue weighted by Crippen LogP contribution is 2.27. The molecule has 4 heteroatoms. The third kappa shape index (κ3) is 4.30. The van der Waals surface area contributed by atoms with E-state index in [1.54, 1.807) is 37.3 Å². The molecule has 2 atom stereocenters. The summed E-state index contributed by atoms with van der Waals surface area (Å²) in [6.45, 7) is 2.75. The molecule has 18 heavy (non-hydrogen) atoms. The summed E-state index contributed by atoms with van der Waals surface area (Å²) in [6.07, 6.45) is 0.221. The summed E-state index contributed by atoms with van der Waals surface area (Å²) in [5.74, 6) is -1.45. The monoisotopic (exact) mass is 252 g/mol. The largest absolute Gasteiger partial charge is 0.450 e. The summed E-state index contributed by atoms with van der Waals surface area (Å²) in [4.78, 5) is 11.0. The van der Waals surface area contributed by atoms with E-state index in [-0.39, 0.29) is 12.5 Å². The van der Waals surface area contributed by atoms with Crippen molar-refractivity contribution in [1.29, 1.82) is 0 Å². The Morgan fingerprint density at radius 2 is 2.06 bits per heavy atom. The molecule has 0 saturated heterocycles. The van der Waals surface area contributed by atoms with Crippen LogP contribution in [-0.4, -0.2) is 17.7 Å². The average molecular weight is 252 g/mol. The first kappa shape index (κ1) is 14.4. The van der Waals surface area contributed by atoms with Gasteiger partial charge in [-0.2, -0.15) is 0 Å². The van der Waals surface area contributed by atoms with Gasteiger partial charge >= 0.3 is 5.97 Å². The summed E-state index contributed by atoms with van der Waals surface area (Å²) < 4.78 is 19.0. The lowest BCUT2D eigenvalue weighted by atomic mass is 10.1. The van der Waals surface area contributed by atoms with Gasteiger partial charge in [-0.15, -0.1) is 0 Å². The Kier molecular flexibility index (Phi) is 5.52. The Balaban J connectivity index is 2.99. The van der Waals surface area contributed by atoms with E-state index in [1.807, 2.05) is 0 Å². The Bertz CT molecular complexity index is 414. The van der Waals surface area contributed by atoms with E-state index in [4.69, 9.17) is 9.84 Å². The predicted octanol–water partition coefficient (Wildman–Crippen LogP) is 2.77. The summed E-state index contributed by atoms with van der Waals surface area (Å²) in [6, 6.07) is 8.66. The van der Waals surface area contributed by atoms with E-state index in [9.17, 15) is 9.18 Å². The minimum Gasteiger partial charge on any atom is -0.450 e. The molecule has 0 aromatic heterocycles. The maximum absolute atomic E-state index is 14.0. The maximum Gasteiger partial charge on any atom is 0.303 e. The normalized spacial score (nSPS) is 15.0. The van der Waals surface area contributed by atoms with Gasteiger partial charge in [-0.05, 0) is 11.6 Å². The number of carbonyl (C=O) groups excluding carboxylic acids is 1. The molecule has 0 aliphatic carbocycles. The Morgan fingerprint density at radius 3 is 2.56 bits per heavy atom. The SMILES string of the molecule is CC(=O)O[C@H](/C(F)=C/[C@@H](C)CO)c1ccccc1. The second-order valence-corrected chi connectivity index (χ2v) is 4.11. The zero-order valence-corrected chi connectivity index (χ0v) is 10.5. The Morgan fingerprint density at radius 1 is 1.44 bits per heavy atom. The van der Waals surface area contributed by atoms with Crippen LogP contribution in [0.3, 0.4) is 0 Å². The number of rotatable bonds is 5. The predicted molar refractivity (Wildman–Crippen MR) is 66.4 cm³/mol. The zero-order chi connectivity index (χ0) is 13.5. The van der Waals surface area contributed by atoms with Crippen molar-refractivity contribution in [2.24, 2.45) is 5.92 Å². The van der Waals surface area contributed by atoms with Crippen LogP contribution in [0.2, 0.25) is 0 Å². The number of aliphatic hydroxyl groups is 1. The van der Waals surface area contributed by atoms with Crippen molar-refractivity contribution in [2.75, 3.05) is 6.61 Å². The van der Waals surface area contributed by atoms with E-state index in [0.29, 0.717) is 5.56 Å². The quantitative estimate of drug-likeness (QED) is 0.820. The van der Waals surface area contributed by atoms with Gasteiger partial charge in [-0.25, -0.2) is 4.39 Å². The molecule has 0 radical (unpaired) electrons. The van der Waals surface area contributed by atoms with Crippen molar-refractivity contribution in [3.05, 3.63) is 47.8 Å². The van der Waals surface area contributed by atoms with Crippen molar-refractivity contribution in [2.45, 2.75) is 20.0 Å². The van der Waals surface area contributed by atoms with Crippen LogP contribution in [-0.2, 0) is 9.53 Å². The first-order valence-electron chi connectivity index (χ1n) is 5.74. The molecule has 0 saturated carbocycles. The van der Waals surface area contributed by atoms with Crippen molar-refractivity contribution in [3.8, 4) is 0 Å². The number of ether oxygens (including phenoxy) is 1. The number of carbonyl (C=O) groups is 1. The smallest absolute Gasteiger partial charge is 0.303 e. The molecule has 3 nitrogen and oxygen atoms in total. The van der Waals surface area contributed by atoms with E-state index in [2.05, 4.69) is 0 Å². The lowest BCUT2D eigenvalue weighted by Crippen LogP contribution is -2.10. The van der Waals surface area contributed by atoms with E-state index in [1.165, 1.54) is 13.0 Å². The fraction of sp³-hybridized carbons (Fsp3) is 0.357. The van der Waals surface area contributed by atoms with E-state index >= 15 is 0 Å². The van der Waals surface area contributed by atoms with Crippen LogP contribution in [0, 0.1) is 5.92 Å². The third-order valence-electron chi connectivity index (χ3n) is 2.37. The number of aliphatic hydroxyl groups excluding tert-OH is 1. The number of halogens is 1. The van der Waals surface area contributed by atoms with E-state index in [0.717, 1.165) is 0 Å². The average Bonchev–Trinajstić information content (AvgIpc) is 2.36. The second kappa shape index (κ2) is 6.91. The molecule has 0 aliphatic heterocycles. The molecule has 0 spiro atoms. The van der Waals surface area contributed by atoms with Gasteiger partial charge in [0.1, 0.15) is 5.83 Å². The van der Waals surface area contributed by atoms with Gasteiger partial charge in [-0.3, -0.25) is 4.79 Å². The van der Waals surface area contributed by atoms with Gasteiger partial charge in [0.25, 0.3) is 0 Å². The lowest BCUT2D eigenvalue weighted by Gasteiger charge is -2.16. The van der Waals surface area contributed by atoms with Crippen LogP contribution in [0.4, 0.5) is 4.39 Å². The lowest BCUT2D eigenvalue weighted by molar-refractivity contribution is -0.145. The van der Waals surface area contributed by atoms with Crippen LogP contribution < -0.4 is 0 Å². The highest BCUT2D eigenvalue weighted by atomic mass is 19.1. The first-order valence-corrected chi connectivity index (χ1v) is 5.74. The number of hydrogen-bond donors (Lipinski definition) is 1. The zero-order valence-electron chi connectivity index (χ0n) is 10.5. The molecule has 0 fully saturated rings. The standard InChI is InChI=1S/C14H17FO3/c1-10(9-16)8-13(15)14(18-11(2)17)12-6-4-3-5-7-12/h3-8,10,14,16H,9H2,1-2H3/b13-8-/t10-,14+/m1/s1. The van der Waals surface area contributed by atoms with Crippen LogP contribution >= 0.6 is 0 Å². The van der Waals surface area contributed by atoms with Crippen LogP contribution in [0.25, 0.3) is 0 Å². The van der Waals surface area contributed by atoms with Crippen molar-refractivity contribution in [3.63, 3.8) is 0 Å². The molecular formula is C14H17FO3. The number of hydrogen-bond acceptors (Lipinski definition) is 3. The molecule has 98 valence electrons. The fourth-order valence-electron chi connectivity index (χ4n) is 1.49. The fourth-order valence-corrected chi connectivity index (χ4v) is 1.49. The third-order valence-corrected chi connectivity index (χ3v) is 2.37. The molecule has 1 N–H and O–H groups in total. The molecule has 0 aliphatic rings. The van der Waals surface area contributed by atoms with E-state index < -0.39 is 17.9 Å².